The molecule has 144 valence electrons. The Bertz CT molecular complexity index is 599. The molecule has 3 heteroatoms. The van der Waals surface area contributed by atoms with Crippen LogP contribution in [0.25, 0.3) is 0 Å². The zero-order valence-corrected chi connectivity index (χ0v) is 16.7. The molecule has 3 saturated carbocycles. The molecule has 0 aromatic heterocycles. The van der Waals surface area contributed by atoms with Gasteiger partial charge in [0.25, 0.3) is 0 Å². The van der Waals surface area contributed by atoms with Gasteiger partial charge in [0.15, 0.2) is 0 Å². The summed E-state index contributed by atoms with van der Waals surface area (Å²) >= 11 is 5.99. The van der Waals surface area contributed by atoms with E-state index in [9.17, 15) is 0 Å². The van der Waals surface area contributed by atoms with Crippen molar-refractivity contribution in [2.75, 3.05) is 19.8 Å². The van der Waals surface area contributed by atoms with Crippen LogP contribution in [0.3, 0.4) is 0 Å². The van der Waals surface area contributed by atoms with Crippen molar-refractivity contribution in [3.63, 3.8) is 0 Å². The van der Waals surface area contributed by atoms with E-state index in [0.717, 1.165) is 44.0 Å². The van der Waals surface area contributed by atoms with Crippen LogP contribution in [0.1, 0.15) is 64.2 Å². The molecule has 1 spiro atoms. The molecule has 0 N–H and O–H groups in total. The lowest BCUT2D eigenvalue weighted by Crippen LogP contribution is -2.53. The van der Waals surface area contributed by atoms with Crippen molar-refractivity contribution in [3.05, 3.63) is 23.3 Å². The predicted octanol–water partition coefficient (Wildman–Crippen LogP) is 5.86. The van der Waals surface area contributed by atoms with Crippen LogP contribution in [0, 0.1) is 28.6 Å². The van der Waals surface area contributed by atoms with Gasteiger partial charge in [-0.25, -0.2) is 0 Å². The molecule has 1 unspecified atom stereocenters. The van der Waals surface area contributed by atoms with E-state index in [2.05, 4.69) is 12.2 Å². The van der Waals surface area contributed by atoms with Crippen LogP contribution in [0.4, 0.5) is 0 Å². The number of halogens is 1. The van der Waals surface area contributed by atoms with Crippen LogP contribution in [0.15, 0.2) is 23.3 Å². The number of allylic oxidation sites excluding steroid dienone is 3. The van der Waals surface area contributed by atoms with Crippen molar-refractivity contribution in [2.45, 2.75) is 70.3 Å². The quantitative estimate of drug-likeness (QED) is 0.562. The van der Waals surface area contributed by atoms with E-state index < -0.39 is 0 Å². The summed E-state index contributed by atoms with van der Waals surface area (Å²) in [5.74, 6) is 2.46. The van der Waals surface area contributed by atoms with Crippen LogP contribution in [0.5, 0.6) is 0 Å². The molecule has 1 heterocycles. The molecule has 26 heavy (non-hydrogen) atoms. The molecule has 0 aromatic carbocycles. The molecule has 5 aliphatic rings. The van der Waals surface area contributed by atoms with Crippen molar-refractivity contribution in [3.8, 4) is 0 Å². The Morgan fingerprint density at radius 1 is 1.12 bits per heavy atom. The second kappa shape index (κ2) is 6.94. The van der Waals surface area contributed by atoms with Crippen molar-refractivity contribution in [1.82, 2.24) is 0 Å². The first-order chi connectivity index (χ1) is 12.8. The normalized spacial score (nSPS) is 48.1. The molecule has 2 nitrogen and oxygen atoms in total. The summed E-state index contributed by atoms with van der Waals surface area (Å²) in [5.41, 5.74) is 4.24. The van der Waals surface area contributed by atoms with Gasteiger partial charge >= 0.3 is 0 Å². The van der Waals surface area contributed by atoms with E-state index in [1.165, 1.54) is 57.8 Å². The molecule has 4 aliphatic carbocycles. The third kappa shape index (κ3) is 2.51. The van der Waals surface area contributed by atoms with Crippen LogP contribution in [-0.2, 0) is 9.47 Å². The fourth-order valence-corrected chi connectivity index (χ4v) is 8.00. The topological polar surface area (TPSA) is 18.5 Å². The van der Waals surface area contributed by atoms with Gasteiger partial charge in [-0.1, -0.05) is 35.7 Å². The van der Waals surface area contributed by atoms with Gasteiger partial charge in [-0.3, -0.25) is 0 Å². The fraction of sp³-hybridized carbons (Fsp3) is 0.826. The molecule has 1 aliphatic heterocycles. The van der Waals surface area contributed by atoms with Gasteiger partial charge in [-0.05, 0) is 81.0 Å². The minimum Gasteiger partial charge on any atom is -0.378 e. The van der Waals surface area contributed by atoms with Crippen molar-refractivity contribution < 1.29 is 9.47 Å². The highest BCUT2D eigenvalue weighted by atomic mass is 35.5. The van der Waals surface area contributed by atoms with E-state index >= 15 is 0 Å². The summed E-state index contributed by atoms with van der Waals surface area (Å²) in [6.07, 6.45) is 18.5. The minimum absolute atomic E-state index is 0.307. The Balaban J connectivity index is 1.50. The van der Waals surface area contributed by atoms with E-state index in [0.29, 0.717) is 16.9 Å². The van der Waals surface area contributed by atoms with Gasteiger partial charge in [0.05, 0.1) is 25.9 Å². The van der Waals surface area contributed by atoms with Crippen molar-refractivity contribution in [2.24, 2.45) is 28.6 Å². The third-order valence-corrected chi connectivity index (χ3v) is 9.05. The fourth-order valence-electron chi connectivity index (χ4n) is 7.91. The number of rotatable bonds is 2. The van der Waals surface area contributed by atoms with E-state index in [-0.39, 0.29) is 0 Å². The molecule has 1 saturated heterocycles. The lowest BCUT2D eigenvalue weighted by atomic mass is 9.46. The Labute approximate surface area is 163 Å². The Morgan fingerprint density at radius 2 is 2.08 bits per heavy atom. The number of ether oxygens (including phenoxy) is 2. The molecule has 6 atom stereocenters. The molecule has 0 amide bonds. The lowest BCUT2D eigenvalue weighted by molar-refractivity contribution is -0.104. The second-order valence-electron chi connectivity index (χ2n) is 9.53. The summed E-state index contributed by atoms with van der Waals surface area (Å²) in [6, 6.07) is 0. The molecule has 0 bridgehead atoms. The zero-order valence-electron chi connectivity index (χ0n) is 15.9. The van der Waals surface area contributed by atoms with Crippen LogP contribution in [-0.4, -0.2) is 25.9 Å². The Morgan fingerprint density at radius 3 is 3.00 bits per heavy atom. The molecule has 0 aromatic rings. The van der Waals surface area contributed by atoms with E-state index in [1.807, 2.05) is 0 Å². The summed E-state index contributed by atoms with van der Waals surface area (Å²) in [5, 5.41) is 0. The minimum atomic E-state index is 0.307. The van der Waals surface area contributed by atoms with Gasteiger partial charge in [0.1, 0.15) is 0 Å². The monoisotopic (exact) mass is 376 g/mol. The Kier molecular flexibility index (Phi) is 4.74. The first-order valence-corrected chi connectivity index (χ1v) is 11.4. The maximum absolute atomic E-state index is 6.29. The van der Waals surface area contributed by atoms with Gasteiger partial charge in [-0.15, -0.1) is 0 Å². The average Bonchev–Trinajstić information content (AvgIpc) is 2.93. The maximum Gasteiger partial charge on any atom is 0.0704 e. The van der Waals surface area contributed by atoms with Crippen LogP contribution >= 0.6 is 11.6 Å². The summed E-state index contributed by atoms with van der Waals surface area (Å²) in [6.45, 7) is 2.52. The van der Waals surface area contributed by atoms with Crippen molar-refractivity contribution in [1.29, 1.82) is 0 Å². The number of fused-ring (bicyclic) bond motifs is 4. The highest BCUT2D eigenvalue weighted by Crippen LogP contribution is 2.66. The van der Waals surface area contributed by atoms with Gasteiger partial charge in [0, 0.05) is 11.0 Å². The largest absolute Gasteiger partial charge is 0.378 e. The van der Waals surface area contributed by atoms with Crippen LogP contribution in [0.2, 0.25) is 0 Å². The third-order valence-electron chi connectivity index (χ3n) is 8.87. The van der Waals surface area contributed by atoms with Gasteiger partial charge < -0.3 is 9.47 Å². The van der Waals surface area contributed by atoms with Gasteiger partial charge in [0.2, 0.25) is 0 Å². The zero-order chi connectivity index (χ0) is 17.6. The molecule has 4 fully saturated rings. The first kappa shape index (κ1) is 17.8. The highest BCUT2D eigenvalue weighted by molar-refractivity contribution is 6.25. The van der Waals surface area contributed by atoms with Gasteiger partial charge in [-0.2, -0.15) is 0 Å². The van der Waals surface area contributed by atoms with Crippen molar-refractivity contribution >= 4 is 11.6 Å². The summed E-state index contributed by atoms with van der Waals surface area (Å²) in [4.78, 5) is 0. The predicted molar refractivity (Wildman–Crippen MR) is 105 cm³/mol. The molecular formula is C23H33ClO2. The first-order valence-electron chi connectivity index (χ1n) is 10.9. The molecule has 5 rings (SSSR count). The summed E-state index contributed by atoms with van der Waals surface area (Å²) < 4.78 is 12.4. The SMILES string of the molecule is ClC=CC[C@]12CCCCC1=CC[C@@H]1[C@@H]2CC[C@]23COCCOC2CC[C@@H]13. The average molecular weight is 377 g/mol. The lowest BCUT2D eigenvalue weighted by Gasteiger charge is -2.58. The van der Waals surface area contributed by atoms with Crippen LogP contribution < -0.4 is 0 Å². The molecular weight excluding hydrogens is 344 g/mol. The maximum atomic E-state index is 6.29. The smallest absolute Gasteiger partial charge is 0.0704 e. The van der Waals surface area contributed by atoms with E-state index in [1.54, 1.807) is 11.1 Å². The highest BCUT2D eigenvalue weighted by Gasteiger charge is 2.61. The number of hydrogen-bond donors (Lipinski definition) is 0. The second-order valence-corrected chi connectivity index (χ2v) is 9.78. The summed E-state index contributed by atoms with van der Waals surface area (Å²) in [7, 11) is 0. The standard InChI is InChI=1S/C23H33ClO2/c24-13-3-11-22-10-2-1-4-17(22)5-6-18-19-7-8-21-23(19,12-9-20(18)22)16-25-14-15-26-21/h3,5,13,18-21H,1-2,4,6-12,14-16H2/t18-,19-,20-,21?,22+,23+/m0/s1. The van der Waals surface area contributed by atoms with E-state index in [4.69, 9.17) is 21.1 Å². The number of hydrogen-bond acceptors (Lipinski definition) is 2. The molecule has 0 radical (unpaired) electrons. The Hall–Kier alpha value is -0.310.